The highest BCUT2D eigenvalue weighted by Gasteiger charge is 2.20. The summed E-state index contributed by atoms with van der Waals surface area (Å²) in [6.07, 6.45) is 0. The number of thioether (sulfide) groups is 1. The van der Waals surface area contributed by atoms with E-state index in [1.165, 1.54) is 0 Å². The fourth-order valence-electron chi connectivity index (χ4n) is 2.44. The van der Waals surface area contributed by atoms with Gasteiger partial charge >= 0.3 is 0 Å². The molecule has 23 heavy (non-hydrogen) atoms. The summed E-state index contributed by atoms with van der Waals surface area (Å²) >= 11 is 1.64. The maximum Gasteiger partial charge on any atom is 0.212 e. The Morgan fingerprint density at radius 3 is 2.65 bits per heavy atom. The second kappa shape index (κ2) is 5.89. The highest BCUT2D eigenvalue weighted by Crippen LogP contribution is 2.29. The minimum Gasteiger partial charge on any atom is -0.497 e. The zero-order valence-corrected chi connectivity index (χ0v) is 13.3. The predicted octanol–water partition coefficient (Wildman–Crippen LogP) is 3.31. The van der Waals surface area contributed by atoms with Crippen LogP contribution in [-0.2, 0) is 0 Å². The molecule has 114 valence electrons. The first-order chi connectivity index (χ1) is 11.3. The fourth-order valence-corrected chi connectivity index (χ4v) is 3.28. The molecule has 1 aliphatic heterocycles. The summed E-state index contributed by atoms with van der Waals surface area (Å²) in [6.45, 7) is 0. The predicted molar refractivity (Wildman–Crippen MR) is 91.1 cm³/mol. The lowest BCUT2D eigenvalue weighted by molar-refractivity contribution is 0.415. The van der Waals surface area contributed by atoms with Crippen LogP contribution < -0.4 is 4.74 Å². The van der Waals surface area contributed by atoms with Gasteiger partial charge in [0.15, 0.2) is 5.82 Å². The second-order valence-electron chi connectivity index (χ2n) is 5.05. The standard InChI is InChI=1S/C17H14N4OS/c1-22-14-9-5-8-13(10-14)16-18-19-17-21(16)20-15(11-23-17)12-6-3-2-4-7-12/h2-10H,11H2,1H3. The third kappa shape index (κ3) is 2.61. The topological polar surface area (TPSA) is 52.3 Å². The van der Waals surface area contributed by atoms with Gasteiger partial charge < -0.3 is 4.74 Å². The van der Waals surface area contributed by atoms with Crippen LogP contribution >= 0.6 is 11.8 Å². The molecule has 3 aromatic rings. The number of nitrogens with zero attached hydrogens (tertiary/aromatic N) is 4. The first kappa shape index (κ1) is 14.0. The van der Waals surface area contributed by atoms with Gasteiger partial charge in [0, 0.05) is 11.3 Å². The Kier molecular flexibility index (Phi) is 3.59. The summed E-state index contributed by atoms with van der Waals surface area (Å²) in [5.74, 6) is 2.30. The lowest BCUT2D eigenvalue weighted by Crippen LogP contribution is -2.13. The summed E-state index contributed by atoms with van der Waals surface area (Å²) < 4.78 is 7.10. The van der Waals surface area contributed by atoms with Crippen LogP contribution in [0, 0.1) is 0 Å². The van der Waals surface area contributed by atoms with Crippen molar-refractivity contribution in [1.29, 1.82) is 0 Å². The zero-order valence-electron chi connectivity index (χ0n) is 12.5. The molecule has 0 atom stereocenters. The first-order valence-electron chi connectivity index (χ1n) is 7.21. The van der Waals surface area contributed by atoms with E-state index in [-0.39, 0.29) is 0 Å². The van der Waals surface area contributed by atoms with Gasteiger partial charge in [0.1, 0.15) is 5.75 Å². The number of fused-ring (bicyclic) bond motifs is 1. The van der Waals surface area contributed by atoms with Crippen LogP contribution in [0.25, 0.3) is 11.4 Å². The van der Waals surface area contributed by atoms with Crippen molar-refractivity contribution in [2.75, 3.05) is 12.9 Å². The smallest absolute Gasteiger partial charge is 0.212 e. The van der Waals surface area contributed by atoms with Crippen molar-refractivity contribution in [1.82, 2.24) is 14.9 Å². The highest BCUT2D eigenvalue weighted by atomic mass is 32.2. The lowest BCUT2D eigenvalue weighted by atomic mass is 10.1. The van der Waals surface area contributed by atoms with Gasteiger partial charge in [-0.3, -0.25) is 0 Å². The minimum atomic E-state index is 0.722. The number of methoxy groups -OCH3 is 1. The molecule has 0 amide bonds. The summed E-state index contributed by atoms with van der Waals surface area (Å²) in [7, 11) is 1.65. The van der Waals surface area contributed by atoms with Gasteiger partial charge in [-0.25, -0.2) is 0 Å². The van der Waals surface area contributed by atoms with Gasteiger partial charge in [-0.1, -0.05) is 54.2 Å². The van der Waals surface area contributed by atoms with Crippen LogP contribution in [0.1, 0.15) is 5.56 Å². The van der Waals surface area contributed by atoms with Crippen molar-refractivity contribution in [2.24, 2.45) is 5.10 Å². The SMILES string of the molecule is COc1cccc(-c2nnc3n2N=C(c2ccccc2)CS3)c1. The lowest BCUT2D eigenvalue weighted by Gasteiger charge is -2.14. The van der Waals surface area contributed by atoms with Crippen LogP contribution in [0.2, 0.25) is 0 Å². The third-order valence-electron chi connectivity index (χ3n) is 3.61. The molecule has 4 rings (SSSR count). The largest absolute Gasteiger partial charge is 0.497 e. The van der Waals surface area contributed by atoms with Crippen molar-refractivity contribution in [3.63, 3.8) is 0 Å². The molecule has 0 radical (unpaired) electrons. The van der Waals surface area contributed by atoms with Gasteiger partial charge in [-0.05, 0) is 17.7 Å². The van der Waals surface area contributed by atoms with Crippen molar-refractivity contribution in [2.45, 2.75) is 5.16 Å². The second-order valence-corrected chi connectivity index (χ2v) is 5.99. The molecular formula is C17H14N4OS. The van der Waals surface area contributed by atoms with E-state index in [1.807, 2.05) is 47.1 Å². The molecule has 0 spiro atoms. The van der Waals surface area contributed by atoms with E-state index in [1.54, 1.807) is 18.9 Å². The van der Waals surface area contributed by atoms with E-state index in [0.29, 0.717) is 0 Å². The molecule has 5 nitrogen and oxygen atoms in total. The Morgan fingerprint density at radius 2 is 1.83 bits per heavy atom. The highest BCUT2D eigenvalue weighted by molar-refractivity contribution is 7.99. The van der Waals surface area contributed by atoms with Crippen molar-refractivity contribution >= 4 is 17.5 Å². The molecule has 0 saturated carbocycles. The maximum absolute atomic E-state index is 5.29. The number of rotatable bonds is 3. The molecule has 2 heterocycles. The molecule has 0 unspecified atom stereocenters. The Bertz CT molecular complexity index is 873. The summed E-state index contributed by atoms with van der Waals surface area (Å²) in [5, 5.41) is 14.1. The van der Waals surface area contributed by atoms with Gasteiger partial charge in [-0.2, -0.15) is 9.78 Å². The van der Waals surface area contributed by atoms with Gasteiger partial charge in [0.05, 0.1) is 12.8 Å². The normalized spacial score (nSPS) is 13.3. The number of ether oxygens (including phenoxy) is 1. The molecule has 0 saturated heterocycles. The Morgan fingerprint density at radius 1 is 1.00 bits per heavy atom. The van der Waals surface area contributed by atoms with E-state index in [2.05, 4.69) is 22.3 Å². The van der Waals surface area contributed by atoms with E-state index < -0.39 is 0 Å². The Hall–Kier alpha value is -2.60. The van der Waals surface area contributed by atoms with E-state index in [0.717, 1.165) is 39.3 Å². The number of aromatic nitrogens is 3. The molecule has 1 aromatic heterocycles. The van der Waals surface area contributed by atoms with Crippen LogP contribution in [0.3, 0.4) is 0 Å². The van der Waals surface area contributed by atoms with E-state index >= 15 is 0 Å². The van der Waals surface area contributed by atoms with Crippen molar-refractivity contribution in [3.8, 4) is 17.1 Å². The number of hydrogen-bond donors (Lipinski definition) is 0. The first-order valence-corrected chi connectivity index (χ1v) is 8.19. The molecule has 0 N–H and O–H groups in total. The van der Waals surface area contributed by atoms with E-state index in [4.69, 9.17) is 9.84 Å². The number of benzene rings is 2. The minimum absolute atomic E-state index is 0.722. The molecule has 0 bridgehead atoms. The van der Waals surface area contributed by atoms with Crippen molar-refractivity contribution < 1.29 is 4.74 Å². The summed E-state index contributed by atoms with van der Waals surface area (Å²) in [5.41, 5.74) is 3.07. The quantitative estimate of drug-likeness (QED) is 0.742. The van der Waals surface area contributed by atoms with Crippen LogP contribution in [0.4, 0.5) is 0 Å². The molecule has 6 heteroatoms. The van der Waals surface area contributed by atoms with Gasteiger partial charge in [0.2, 0.25) is 5.16 Å². The molecular weight excluding hydrogens is 308 g/mol. The summed E-state index contributed by atoms with van der Waals surface area (Å²) in [4.78, 5) is 0. The maximum atomic E-state index is 5.29. The van der Waals surface area contributed by atoms with Crippen molar-refractivity contribution in [3.05, 3.63) is 60.2 Å². The zero-order chi connectivity index (χ0) is 15.6. The van der Waals surface area contributed by atoms with Crippen LogP contribution in [-0.4, -0.2) is 33.4 Å². The third-order valence-corrected chi connectivity index (χ3v) is 4.54. The van der Waals surface area contributed by atoms with E-state index in [9.17, 15) is 0 Å². The average molecular weight is 322 g/mol. The number of hydrogen-bond acceptors (Lipinski definition) is 5. The van der Waals surface area contributed by atoms with Crippen LogP contribution in [0.15, 0.2) is 64.9 Å². The molecule has 0 fully saturated rings. The van der Waals surface area contributed by atoms with Gasteiger partial charge in [-0.15, -0.1) is 10.2 Å². The average Bonchev–Trinajstić information content (AvgIpc) is 3.05. The Balaban J connectivity index is 1.79. The molecule has 0 aliphatic carbocycles. The van der Waals surface area contributed by atoms with Crippen LogP contribution in [0.5, 0.6) is 5.75 Å². The fraction of sp³-hybridized carbons (Fsp3) is 0.118. The van der Waals surface area contributed by atoms with Gasteiger partial charge in [0.25, 0.3) is 0 Å². The molecule has 1 aliphatic rings. The monoisotopic (exact) mass is 322 g/mol. The molecule has 2 aromatic carbocycles. The summed E-state index contributed by atoms with van der Waals surface area (Å²) in [6, 6.07) is 18.0. The Labute approximate surface area is 138 Å².